The predicted octanol–water partition coefficient (Wildman–Crippen LogP) is 7.15. The van der Waals surface area contributed by atoms with Crippen molar-refractivity contribution in [1.82, 2.24) is 14.7 Å². The van der Waals surface area contributed by atoms with Crippen molar-refractivity contribution in [3.05, 3.63) is 72.2 Å². The molecular formula is C37H51N3O4. The molecule has 0 aromatic heterocycles. The van der Waals surface area contributed by atoms with Crippen LogP contribution in [0.3, 0.4) is 0 Å². The Kier molecular flexibility index (Phi) is 10.9. The zero-order valence-corrected chi connectivity index (χ0v) is 26.8. The zero-order chi connectivity index (χ0) is 30.9. The standard InChI is InChI=1S/C32H42N2O3.C5H9NO/c1-4-20-33-22-25(12-11-24(33)3)23-36-27-15-13-26-14-16-28(37-29(26)21-27)31(35)34(5-2)30-10-6-7-17-32(30)18-8-9-19-32;7-5-6-3-1-2-4-6/h4,11-13,15,20-22,28,30H,3,5-10,14,16-19,23H2,1-2H3;5H,1-4H2/b20-4-;. The number of ether oxygens (including phenoxy) is 2. The van der Waals surface area contributed by atoms with Gasteiger partial charge in [-0.15, -0.1) is 0 Å². The fourth-order valence-electron chi connectivity index (χ4n) is 7.76. The molecule has 2 amide bonds. The van der Waals surface area contributed by atoms with Gasteiger partial charge in [0.2, 0.25) is 6.41 Å². The van der Waals surface area contributed by atoms with Crippen LogP contribution in [-0.2, 0) is 16.0 Å². The van der Waals surface area contributed by atoms with Crippen LogP contribution in [-0.4, -0.2) is 65.4 Å². The van der Waals surface area contributed by atoms with Crippen molar-refractivity contribution in [1.29, 1.82) is 0 Å². The minimum absolute atomic E-state index is 0.180. The molecule has 7 nitrogen and oxygen atoms in total. The number of nitrogens with zero attached hydrogens (tertiary/aromatic N) is 3. The first-order valence-corrected chi connectivity index (χ1v) is 16.9. The summed E-state index contributed by atoms with van der Waals surface area (Å²) in [6, 6.07) is 6.41. The van der Waals surface area contributed by atoms with Crippen molar-refractivity contribution in [2.45, 2.75) is 103 Å². The van der Waals surface area contributed by atoms with Gasteiger partial charge >= 0.3 is 0 Å². The van der Waals surface area contributed by atoms with Crippen molar-refractivity contribution >= 4 is 12.3 Å². The van der Waals surface area contributed by atoms with Gasteiger partial charge in [0.1, 0.15) is 18.1 Å². The Morgan fingerprint density at radius 2 is 1.84 bits per heavy atom. The van der Waals surface area contributed by atoms with Gasteiger partial charge in [0.15, 0.2) is 6.10 Å². The summed E-state index contributed by atoms with van der Waals surface area (Å²) >= 11 is 0. The number of likely N-dealkylation sites (tertiary alicyclic amines) is 1. The second-order valence-corrected chi connectivity index (χ2v) is 12.9. The third-order valence-electron chi connectivity index (χ3n) is 10.1. The van der Waals surface area contributed by atoms with Gasteiger partial charge in [-0.1, -0.05) is 50.5 Å². The summed E-state index contributed by atoms with van der Waals surface area (Å²) < 4.78 is 12.5. The number of benzene rings is 1. The Hall–Kier alpha value is -3.48. The average molecular weight is 602 g/mol. The van der Waals surface area contributed by atoms with Crippen molar-refractivity contribution in [2.24, 2.45) is 5.41 Å². The first-order valence-electron chi connectivity index (χ1n) is 16.9. The van der Waals surface area contributed by atoms with Crippen LogP contribution >= 0.6 is 0 Å². The third kappa shape index (κ3) is 7.41. The largest absolute Gasteiger partial charge is 0.489 e. The van der Waals surface area contributed by atoms with Crippen molar-refractivity contribution in [3.8, 4) is 11.5 Å². The smallest absolute Gasteiger partial charge is 0.263 e. The molecule has 2 atom stereocenters. The lowest BCUT2D eigenvalue weighted by atomic mass is 9.68. The Labute approximate surface area is 264 Å². The molecule has 0 bridgehead atoms. The molecule has 3 fully saturated rings. The number of fused-ring (bicyclic) bond motifs is 1. The number of rotatable bonds is 8. The minimum Gasteiger partial charge on any atom is -0.489 e. The third-order valence-corrected chi connectivity index (χ3v) is 10.1. The molecule has 3 aliphatic heterocycles. The maximum atomic E-state index is 13.8. The molecule has 1 aromatic carbocycles. The fraction of sp³-hybridized carbons (Fsp3) is 0.568. The second kappa shape index (κ2) is 15.0. The highest BCUT2D eigenvalue weighted by Gasteiger charge is 2.47. The first kappa shape index (κ1) is 31.9. The summed E-state index contributed by atoms with van der Waals surface area (Å²) in [5.74, 6) is 1.72. The summed E-state index contributed by atoms with van der Waals surface area (Å²) in [6.07, 6.45) is 24.7. The maximum absolute atomic E-state index is 13.8. The van der Waals surface area contributed by atoms with Gasteiger partial charge in [-0.25, -0.2) is 0 Å². The average Bonchev–Trinajstić information content (AvgIpc) is 3.76. The molecule has 44 heavy (non-hydrogen) atoms. The van der Waals surface area contributed by atoms with E-state index in [-0.39, 0.29) is 5.91 Å². The Bertz CT molecular complexity index is 1260. The lowest BCUT2D eigenvalue weighted by Gasteiger charge is -2.48. The Balaban J connectivity index is 0.000000484. The SMILES string of the molecule is C=C1C=CC(COc2ccc3c(c2)OC(C(=O)N(CC)C2CCCCC24CCCC4)CC3)=CN1/C=C\C.O=CN1CCCC1. The molecule has 3 heterocycles. The molecule has 2 saturated carbocycles. The topological polar surface area (TPSA) is 62.3 Å². The zero-order valence-electron chi connectivity index (χ0n) is 26.8. The molecule has 1 saturated heterocycles. The summed E-state index contributed by atoms with van der Waals surface area (Å²) in [6.45, 7) is 11.4. The van der Waals surface area contributed by atoms with Gasteiger partial charge in [-0.05, 0) is 88.3 Å². The molecule has 1 spiro atoms. The minimum atomic E-state index is -0.410. The fourth-order valence-corrected chi connectivity index (χ4v) is 7.76. The number of hydrogen-bond donors (Lipinski definition) is 0. The summed E-state index contributed by atoms with van der Waals surface area (Å²) in [7, 11) is 0. The van der Waals surface area contributed by atoms with E-state index in [9.17, 15) is 9.59 Å². The van der Waals surface area contributed by atoms with Crippen molar-refractivity contribution in [3.63, 3.8) is 0 Å². The summed E-state index contributed by atoms with van der Waals surface area (Å²) in [5.41, 5.74) is 3.47. The van der Waals surface area contributed by atoms with Crippen LogP contribution < -0.4 is 9.47 Å². The van der Waals surface area contributed by atoms with E-state index in [1.54, 1.807) is 4.90 Å². The quantitative estimate of drug-likeness (QED) is 0.296. The molecule has 0 N–H and O–H groups in total. The van der Waals surface area contributed by atoms with E-state index in [0.717, 1.165) is 73.6 Å². The Morgan fingerprint density at radius 1 is 1.09 bits per heavy atom. The van der Waals surface area contributed by atoms with Crippen LogP contribution in [0, 0.1) is 5.41 Å². The number of allylic oxidation sites excluding steroid dienone is 2. The molecule has 7 heteroatoms. The van der Waals surface area contributed by atoms with Crippen LogP contribution in [0.4, 0.5) is 0 Å². The van der Waals surface area contributed by atoms with E-state index < -0.39 is 6.10 Å². The van der Waals surface area contributed by atoms with Crippen LogP contribution in [0.25, 0.3) is 0 Å². The van der Waals surface area contributed by atoms with Crippen LogP contribution in [0.5, 0.6) is 11.5 Å². The van der Waals surface area contributed by atoms with E-state index in [1.165, 1.54) is 57.8 Å². The van der Waals surface area contributed by atoms with Gasteiger partial charge in [0, 0.05) is 55.4 Å². The highest BCUT2D eigenvalue weighted by atomic mass is 16.5. The van der Waals surface area contributed by atoms with Crippen LogP contribution in [0.15, 0.2) is 66.7 Å². The van der Waals surface area contributed by atoms with Gasteiger partial charge in [0.25, 0.3) is 5.91 Å². The molecule has 2 unspecified atom stereocenters. The summed E-state index contributed by atoms with van der Waals surface area (Å²) in [4.78, 5) is 29.8. The summed E-state index contributed by atoms with van der Waals surface area (Å²) in [5, 5.41) is 0. The van der Waals surface area contributed by atoms with Gasteiger partial charge in [-0.3, -0.25) is 9.59 Å². The highest BCUT2D eigenvalue weighted by molar-refractivity contribution is 5.82. The molecule has 1 aromatic rings. The molecule has 6 rings (SSSR count). The molecule has 2 aliphatic carbocycles. The number of carbonyl (C=O) groups is 2. The van der Waals surface area contributed by atoms with Crippen molar-refractivity contribution in [2.75, 3.05) is 26.2 Å². The van der Waals surface area contributed by atoms with E-state index in [1.807, 2.05) is 54.6 Å². The lowest BCUT2D eigenvalue weighted by molar-refractivity contribution is -0.146. The molecular weight excluding hydrogens is 550 g/mol. The van der Waals surface area contributed by atoms with E-state index in [0.29, 0.717) is 18.1 Å². The first-order chi connectivity index (χ1) is 21.5. The van der Waals surface area contributed by atoms with Crippen LogP contribution in [0.1, 0.15) is 90.0 Å². The normalized spacial score (nSPS) is 24.0. The number of aryl methyl sites for hydroxylation is 1. The maximum Gasteiger partial charge on any atom is 0.263 e. The van der Waals surface area contributed by atoms with Crippen LogP contribution in [0.2, 0.25) is 0 Å². The van der Waals surface area contributed by atoms with Gasteiger partial charge < -0.3 is 24.2 Å². The molecule has 238 valence electrons. The second-order valence-electron chi connectivity index (χ2n) is 12.9. The number of hydrogen-bond acceptors (Lipinski definition) is 5. The number of carbonyl (C=O) groups excluding carboxylic acids is 2. The predicted molar refractivity (Wildman–Crippen MR) is 175 cm³/mol. The lowest BCUT2D eigenvalue weighted by Crippen LogP contribution is -2.55. The van der Waals surface area contributed by atoms with E-state index in [2.05, 4.69) is 24.5 Å². The van der Waals surface area contributed by atoms with Crippen molar-refractivity contribution < 1.29 is 19.1 Å². The van der Waals surface area contributed by atoms with Gasteiger partial charge in [0.05, 0.1) is 0 Å². The monoisotopic (exact) mass is 601 g/mol. The van der Waals surface area contributed by atoms with E-state index in [4.69, 9.17) is 9.47 Å². The Morgan fingerprint density at radius 3 is 2.52 bits per heavy atom. The number of amides is 2. The molecule has 0 radical (unpaired) electrons. The highest BCUT2D eigenvalue weighted by Crippen LogP contribution is 2.51. The van der Waals surface area contributed by atoms with Gasteiger partial charge in [-0.2, -0.15) is 0 Å². The van der Waals surface area contributed by atoms with E-state index >= 15 is 0 Å². The number of likely N-dealkylation sites (N-methyl/N-ethyl adjacent to an activating group) is 1. The molecule has 5 aliphatic rings.